The van der Waals surface area contributed by atoms with Crippen LogP contribution in [0.25, 0.3) is 0 Å². The fourth-order valence-corrected chi connectivity index (χ4v) is 3.25. The molecule has 4 heteroatoms. The zero-order valence-corrected chi connectivity index (χ0v) is 14.1. The highest BCUT2D eigenvalue weighted by Crippen LogP contribution is 2.31. The van der Waals surface area contributed by atoms with Crippen molar-refractivity contribution < 1.29 is 4.74 Å². The molecule has 1 heterocycles. The Morgan fingerprint density at radius 2 is 2.00 bits per heavy atom. The molecular weight excluding hydrogens is 382 g/mol. The standard InChI is InChI=1S/C16H15Br2NO/c17-13-5-6-16-12(7-13)8-14(20-16)10-19-9-11-3-1-2-4-15(11)18/h1-7,14,19H,8-10H2. The first-order valence-electron chi connectivity index (χ1n) is 6.61. The van der Waals surface area contributed by atoms with Gasteiger partial charge >= 0.3 is 0 Å². The third kappa shape index (κ3) is 3.25. The summed E-state index contributed by atoms with van der Waals surface area (Å²) >= 11 is 7.06. The molecule has 0 aromatic heterocycles. The zero-order valence-electron chi connectivity index (χ0n) is 10.9. The number of nitrogens with one attached hydrogen (secondary N) is 1. The molecule has 2 aromatic carbocycles. The van der Waals surface area contributed by atoms with E-state index in [1.165, 1.54) is 11.1 Å². The topological polar surface area (TPSA) is 21.3 Å². The summed E-state index contributed by atoms with van der Waals surface area (Å²) in [7, 11) is 0. The van der Waals surface area contributed by atoms with E-state index in [-0.39, 0.29) is 6.10 Å². The first kappa shape index (κ1) is 14.1. The predicted molar refractivity (Wildman–Crippen MR) is 88.1 cm³/mol. The van der Waals surface area contributed by atoms with E-state index >= 15 is 0 Å². The summed E-state index contributed by atoms with van der Waals surface area (Å²) in [6, 6.07) is 14.5. The smallest absolute Gasteiger partial charge is 0.123 e. The Kier molecular flexibility index (Phi) is 4.44. The second-order valence-corrected chi connectivity index (χ2v) is 6.69. The van der Waals surface area contributed by atoms with Gasteiger partial charge in [0, 0.05) is 28.5 Å². The van der Waals surface area contributed by atoms with Crippen LogP contribution < -0.4 is 10.1 Å². The Labute approximate surface area is 135 Å². The third-order valence-electron chi connectivity index (χ3n) is 3.41. The normalized spacial score (nSPS) is 16.8. The number of rotatable bonds is 4. The van der Waals surface area contributed by atoms with Gasteiger partial charge in [-0.1, -0.05) is 50.1 Å². The molecule has 0 spiro atoms. The van der Waals surface area contributed by atoms with Crippen molar-refractivity contribution in [2.75, 3.05) is 6.54 Å². The fourth-order valence-electron chi connectivity index (χ4n) is 2.41. The van der Waals surface area contributed by atoms with E-state index in [0.717, 1.165) is 34.2 Å². The minimum atomic E-state index is 0.224. The van der Waals surface area contributed by atoms with Gasteiger partial charge in [-0.15, -0.1) is 0 Å². The lowest BCUT2D eigenvalue weighted by Gasteiger charge is -2.12. The Balaban J connectivity index is 1.53. The maximum Gasteiger partial charge on any atom is 0.123 e. The third-order valence-corrected chi connectivity index (χ3v) is 4.68. The first-order valence-corrected chi connectivity index (χ1v) is 8.20. The summed E-state index contributed by atoms with van der Waals surface area (Å²) in [6.45, 7) is 1.70. The summed E-state index contributed by atoms with van der Waals surface area (Å²) in [6.07, 6.45) is 1.19. The summed E-state index contributed by atoms with van der Waals surface area (Å²) in [4.78, 5) is 0. The van der Waals surface area contributed by atoms with Crippen LogP contribution in [0.15, 0.2) is 51.4 Å². The molecule has 0 fully saturated rings. The number of hydrogen-bond acceptors (Lipinski definition) is 2. The van der Waals surface area contributed by atoms with Gasteiger partial charge in [0.25, 0.3) is 0 Å². The molecule has 2 aromatic rings. The molecule has 1 unspecified atom stereocenters. The highest BCUT2D eigenvalue weighted by Gasteiger charge is 2.22. The number of benzene rings is 2. The summed E-state index contributed by atoms with van der Waals surface area (Å²) in [5.41, 5.74) is 2.55. The Morgan fingerprint density at radius 1 is 1.15 bits per heavy atom. The lowest BCUT2D eigenvalue weighted by Crippen LogP contribution is -2.29. The molecule has 1 N–H and O–H groups in total. The van der Waals surface area contributed by atoms with Crippen LogP contribution in [0.3, 0.4) is 0 Å². The molecule has 0 saturated carbocycles. The van der Waals surface area contributed by atoms with E-state index in [4.69, 9.17) is 4.74 Å². The van der Waals surface area contributed by atoms with Gasteiger partial charge in [-0.3, -0.25) is 0 Å². The van der Waals surface area contributed by atoms with Crippen LogP contribution in [-0.2, 0) is 13.0 Å². The SMILES string of the molecule is Brc1ccc2c(c1)CC(CNCc1ccccc1Br)O2. The molecule has 0 amide bonds. The van der Waals surface area contributed by atoms with Gasteiger partial charge in [0.05, 0.1) is 0 Å². The molecule has 104 valence electrons. The lowest BCUT2D eigenvalue weighted by molar-refractivity contribution is 0.227. The zero-order chi connectivity index (χ0) is 13.9. The van der Waals surface area contributed by atoms with Crippen LogP contribution in [0.5, 0.6) is 5.75 Å². The van der Waals surface area contributed by atoms with Crippen molar-refractivity contribution in [1.29, 1.82) is 0 Å². The van der Waals surface area contributed by atoms with Crippen LogP contribution in [0.2, 0.25) is 0 Å². The lowest BCUT2D eigenvalue weighted by atomic mass is 10.1. The monoisotopic (exact) mass is 395 g/mol. The van der Waals surface area contributed by atoms with Crippen molar-refractivity contribution in [1.82, 2.24) is 5.32 Å². The largest absolute Gasteiger partial charge is 0.488 e. The molecule has 1 aliphatic heterocycles. The van der Waals surface area contributed by atoms with Crippen molar-refractivity contribution >= 4 is 31.9 Å². The molecular formula is C16H15Br2NO. The van der Waals surface area contributed by atoms with Gasteiger partial charge in [0.15, 0.2) is 0 Å². The van der Waals surface area contributed by atoms with Gasteiger partial charge in [0.2, 0.25) is 0 Å². The maximum absolute atomic E-state index is 5.94. The Morgan fingerprint density at radius 3 is 2.85 bits per heavy atom. The number of hydrogen-bond donors (Lipinski definition) is 1. The van der Waals surface area contributed by atoms with E-state index in [1.54, 1.807) is 0 Å². The van der Waals surface area contributed by atoms with Crippen molar-refractivity contribution in [2.45, 2.75) is 19.1 Å². The molecule has 1 atom stereocenters. The molecule has 3 rings (SSSR count). The quantitative estimate of drug-likeness (QED) is 0.831. The highest BCUT2D eigenvalue weighted by molar-refractivity contribution is 9.10. The van der Waals surface area contributed by atoms with Crippen LogP contribution in [-0.4, -0.2) is 12.6 Å². The molecule has 0 aliphatic carbocycles. The van der Waals surface area contributed by atoms with Crippen LogP contribution >= 0.6 is 31.9 Å². The molecule has 1 aliphatic rings. The summed E-state index contributed by atoms with van der Waals surface area (Å²) in [5, 5.41) is 3.47. The Hall–Kier alpha value is -0.840. The van der Waals surface area contributed by atoms with E-state index in [9.17, 15) is 0 Å². The van der Waals surface area contributed by atoms with E-state index in [2.05, 4.69) is 61.4 Å². The minimum Gasteiger partial charge on any atom is -0.488 e. The van der Waals surface area contributed by atoms with Crippen molar-refractivity contribution in [3.63, 3.8) is 0 Å². The van der Waals surface area contributed by atoms with E-state index in [0.29, 0.717) is 0 Å². The fraction of sp³-hybridized carbons (Fsp3) is 0.250. The molecule has 0 bridgehead atoms. The second-order valence-electron chi connectivity index (χ2n) is 4.92. The maximum atomic E-state index is 5.94. The van der Waals surface area contributed by atoms with Gasteiger partial charge in [-0.2, -0.15) is 0 Å². The van der Waals surface area contributed by atoms with Crippen LogP contribution in [0, 0.1) is 0 Å². The molecule has 20 heavy (non-hydrogen) atoms. The molecule has 0 radical (unpaired) electrons. The highest BCUT2D eigenvalue weighted by atomic mass is 79.9. The second kappa shape index (κ2) is 6.29. The van der Waals surface area contributed by atoms with Crippen LogP contribution in [0.4, 0.5) is 0 Å². The summed E-state index contributed by atoms with van der Waals surface area (Å²) in [5.74, 6) is 1.01. The molecule has 0 saturated heterocycles. The van der Waals surface area contributed by atoms with Crippen molar-refractivity contribution in [2.24, 2.45) is 0 Å². The predicted octanol–water partition coefficient (Wildman–Crippen LogP) is 4.30. The van der Waals surface area contributed by atoms with Gasteiger partial charge in [-0.05, 0) is 35.4 Å². The Bertz CT molecular complexity index is 615. The molecule has 2 nitrogen and oxygen atoms in total. The van der Waals surface area contributed by atoms with E-state index in [1.807, 2.05) is 18.2 Å². The van der Waals surface area contributed by atoms with Crippen LogP contribution in [0.1, 0.15) is 11.1 Å². The van der Waals surface area contributed by atoms with Gasteiger partial charge < -0.3 is 10.1 Å². The average molecular weight is 397 g/mol. The van der Waals surface area contributed by atoms with Crippen molar-refractivity contribution in [3.05, 3.63) is 62.5 Å². The van der Waals surface area contributed by atoms with Gasteiger partial charge in [-0.25, -0.2) is 0 Å². The first-order chi connectivity index (χ1) is 9.72. The summed E-state index contributed by atoms with van der Waals surface area (Å²) < 4.78 is 8.19. The minimum absolute atomic E-state index is 0.224. The average Bonchev–Trinajstić information content (AvgIpc) is 2.83. The van der Waals surface area contributed by atoms with Crippen molar-refractivity contribution in [3.8, 4) is 5.75 Å². The number of halogens is 2. The van der Waals surface area contributed by atoms with E-state index < -0.39 is 0 Å². The van der Waals surface area contributed by atoms with Gasteiger partial charge in [0.1, 0.15) is 11.9 Å². The number of ether oxygens (including phenoxy) is 1. The number of fused-ring (bicyclic) bond motifs is 1.